The Labute approximate surface area is 138 Å². The molecular formula is C17H36O4S. The third-order valence-corrected chi connectivity index (χ3v) is 4.51. The number of unbranched alkanes of at least 4 members (excludes halogenated alkanes) is 10. The van der Waals surface area contributed by atoms with E-state index in [0.717, 1.165) is 19.3 Å². The maximum atomic E-state index is 10.8. The van der Waals surface area contributed by atoms with E-state index in [0.29, 0.717) is 12.8 Å². The Kier molecular flexibility index (Phi) is 14.4. The molecule has 4 nitrogen and oxygen atoms in total. The molecule has 0 aliphatic rings. The van der Waals surface area contributed by atoms with Gasteiger partial charge in [0, 0.05) is 0 Å². The fraction of sp³-hybridized carbons (Fsp3) is 1.00. The van der Waals surface area contributed by atoms with Crippen LogP contribution in [0.2, 0.25) is 0 Å². The second kappa shape index (κ2) is 14.5. The van der Waals surface area contributed by atoms with E-state index in [9.17, 15) is 8.42 Å². The molecule has 5 heteroatoms. The van der Waals surface area contributed by atoms with Crippen LogP contribution >= 0.6 is 0 Å². The van der Waals surface area contributed by atoms with E-state index in [4.69, 9.17) is 8.74 Å². The van der Waals surface area contributed by atoms with Gasteiger partial charge in [-0.1, -0.05) is 90.9 Å². The summed E-state index contributed by atoms with van der Waals surface area (Å²) in [5, 5.41) is 0. The predicted molar refractivity (Wildman–Crippen MR) is 92.4 cm³/mol. The highest BCUT2D eigenvalue weighted by Crippen LogP contribution is 2.16. The van der Waals surface area contributed by atoms with Crippen LogP contribution in [0.3, 0.4) is 0 Å². The second-order valence-corrected chi connectivity index (χ2v) is 7.31. The van der Waals surface area contributed by atoms with Gasteiger partial charge in [-0.05, 0) is 12.8 Å². The first kappa shape index (κ1) is 21.9. The SMILES string of the molecule is CCCCCCCCCCCCCC(CCC)OS(=O)(=O)O. The van der Waals surface area contributed by atoms with Gasteiger partial charge >= 0.3 is 10.4 Å². The fourth-order valence-electron chi connectivity index (χ4n) is 2.77. The van der Waals surface area contributed by atoms with Gasteiger partial charge in [-0.2, -0.15) is 8.42 Å². The predicted octanol–water partition coefficient (Wildman–Crippen LogP) is 5.68. The van der Waals surface area contributed by atoms with Crippen molar-refractivity contribution in [2.75, 3.05) is 0 Å². The molecule has 0 saturated heterocycles. The molecule has 0 aromatic heterocycles. The first-order valence-electron chi connectivity index (χ1n) is 9.15. The third kappa shape index (κ3) is 16.2. The molecular weight excluding hydrogens is 300 g/mol. The Bertz CT molecular complexity index is 328. The van der Waals surface area contributed by atoms with Crippen molar-refractivity contribution < 1.29 is 17.2 Å². The molecule has 0 saturated carbocycles. The van der Waals surface area contributed by atoms with Gasteiger partial charge in [0.15, 0.2) is 0 Å². The summed E-state index contributed by atoms with van der Waals surface area (Å²) < 4.78 is 34.9. The molecule has 0 aliphatic carbocycles. The average molecular weight is 337 g/mol. The van der Waals surface area contributed by atoms with Crippen molar-refractivity contribution in [1.29, 1.82) is 0 Å². The lowest BCUT2D eigenvalue weighted by molar-refractivity contribution is 0.160. The largest absolute Gasteiger partial charge is 0.397 e. The Hall–Kier alpha value is -0.130. The molecule has 134 valence electrons. The molecule has 0 radical (unpaired) electrons. The van der Waals surface area contributed by atoms with Crippen LogP contribution in [-0.4, -0.2) is 19.1 Å². The Morgan fingerprint density at radius 1 is 0.727 bits per heavy atom. The highest BCUT2D eigenvalue weighted by molar-refractivity contribution is 7.80. The monoisotopic (exact) mass is 336 g/mol. The van der Waals surface area contributed by atoms with E-state index in [-0.39, 0.29) is 6.10 Å². The molecule has 0 fully saturated rings. The Morgan fingerprint density at radius 2 is 1.18 bits per heavy atom. The van der Waals surface area contributed by atoms with E-state index in [1.54, 1.807) is 0 Å². The zero-order valence-electron chi connectivity index (χ0n) is 14.6. The van der Waals surface area contributed by atoms with Crippen LogP contribution in [-0.2, 0) is 14.6 Å². The lowest BCUT2D eigenvalue weighted by Gasteiger charge is -2.14. The molecule has 1 unspecified atom stereocenters. The van der Waals surface area contributed by atoms with Crippen LogP contribution in [0.4, 0.5) is 0 Å². The van der Waals surface area contributed by atoms with Crippen LogP contribution in [0.5, 0.6) is 0 Å². The van der Waals surface area contributed by atoms with Crippen molar-refractivity contribution >= 4 is 10.4 Å². The minimum Gasteiger partial charge on any atom is -0.264 e. The standard InChI is InChI=1S/C17H36O4S/c1-3-5-6-7-8-9-10-11-12-13-14-16-17(15-4-2)21-22(18,19)20/h17H,3-16H2,1-2H3,(H,18,19,20). The first-order chi connectivity index (χ1) is 10.5. The van der Waals surface area contributed by atoms with E-state index in [2.05, 4.69) is 6.92 Å². The number of hydrogen-bond acceptors (Lipinski definition) is 3. The molecule has 0 aromatic rings. The molecule has 1 atom stereocenters. The van der Waals surface area contributed by atoms with Gasteiger partial charge in [0.1, 0.15) is 0 Å². The molecule has 1 N–H and O–H groups in total. The van der Waals surface area contributed by atoms with Crippen molar-refractivity contribution in [3.63, 3.8) is 0 Å². The van der Waals surface area contributed by atoms with Crippen LogP contribution in [0.25, 0.3) is 0 Å². The quantitative estimate of drug-likeness (QED) is 0.291. The maximum absolute atomic E-state index is 10.8. The van der Waals surface area contributed by atoms with Gasteiger partial charge < -0.3 is 0 Å². The highest BCUT2D eigenvalue weighted by Gasteiger charge is 2.15. The average Bonchev–Trinajstić information content (AvgIpc) is 2.43. The summed E-state index contributed by atoms with van der Waals surface area (Å²) in [5.41, 5.74) is 0. The third-order valence-electron chi connectivity index (χ3n) is 4.00. The second-order valence-electron chi connectivity index (χ2n) is 6.26. The smallest absolute Gasteiger partial charge is 0.264 e. The molecule has 0 heterocycles. The van der Waals surface area contributed by atoms with Gasteiger partial charge in [0.25, 0.3) is 0 Å². The molecule has 0 aromatic carbocycles. The minimum atomic E-state index is -4.31. The van der Waals surface area contributed by atoms with Crippen molar-refractivity contribution in [3.8, 4) is 0 Å². The normalized spacial score (nSPS) is 13.4. The topological polar surface area (TPSA) is 63.6 Å². The summed E-state index contributed by atoms with van der Waals surface area (Å²) in [5.74, 6) is 0. The van der Waals surface area contributed by atoms with Gasteiger partial charge in [0.2, 0.25) is 0 Å². The number of hydrogen-bond donors (Lipinski definition) is 1. The summed E-state index contributed by atoms with van der Waals surface area (Å²) in [6.45, 7) is 4.23. The fourth-order valence-corrected chi connectivity index (χ4v) is 3.31. The summed E-state index contributed by atoms with van der Waals surface area (Å²) >= 11 is 0. The molecule has 0 aliphatic heterocycles. The van der Waals surface area contributed by atoms with Gasteiger partial charge in [-0.15, -0.1) is 0 Å². The van der Waals surface area contributed by atoms with Crippen molar-refractivity contribution in [2.24, 2.45) is 0 Å². The molecule has 0 spiro atoms. The molecule has 0 bridgehead atoms. The first-order valence-corrected chi connectivity index (χ1v) is 10.5. The summed E-state index contributed by atoms with van der Waals surface area (Å²) in [4.78, 5) is 0. The molecule has 0 rings (SSSR count). The minimum absolute atomic E-state index is 0.362. The van der Waals surface area contributed by atoms with Crippen LogP contribution in [0.15, 0.2) is 0 Å². The van der Waals surface area contributed by atoms with Crippen molar-refractivity contribution in [3.05, 3.63) is 0 Å². The van der Waals surface area contributed by atoms with Crippen molar-refractivity contribution in [2.45, 2.75) is 110 Å². The summed E-state index contributed by atoms with van der Waals surface area (Å²) in [6.07, 6.45) is 15.9. The summed E-state index contributed by atoms with van der Waals surface area (Å²) in [7, 11) is -4.31. The van der Waals surface area contributed by atoms with Crippen LogP contribution in [0, 0.1) is 0 Å². The zero-order valence-corrected chi connectivity index (χ0v) is 15.4. The lowest BCUT2D eigenvalue weighted by Crippen LogP contribution is -2.17. The van der Waals surface area contributed by atoms with Gasteiger partial charge in [-0.3, -0.25) is 4.55 Å². The molecule has 0 amide bonds. The van der Waals surface area contributed by atoms with Gasteiger partial charge in [0.05, 0.1) is 6.10 Å². The lowest BCUT2D eigenvalue weighted by atomic mass is 10.0. The zero-order chi connectivity index (χ0) is 16.7. The van der Waals surface area contributed by atoms with E-state index < -0.39 is 10.4 Å². The Balaban J connectivity index is 3.46. The number of rotatable bonds is 16. The van der Waals surface area contributed by atoms with Crippen molar-refractivity contribution in [1.82, 2.24) is 0 Å². The van der Waals surface area contributed by atoms with Gasteiger partial charge in [-0.25, -0.2) is 4.18 Å². The van der Waals surface area contributed by atoms with E-state index >= 15 is 0 Å². The van der Waals surface area contributed by atoms with E-state index in [1.165, 1.54) is 57.8 Å². The molecule has 22 heavy (non-hydrogen) atoms. The Morgan fingerprint density at radius 3 is 1.59 bits per heavy atom. The summed E-state index contributed by atoms with van der Waals surface area (Å²) in [6, 6.07) is 0. The van der Waals surface area contributed by atoms with Crippen LogP contribution < -0.4 is 0 Å². The maximum Gasteiger partial charge on any atom is 0.397 e. The highest BCUT2D eigenvalue weighted by atomic mass is 32.3. The van der Waals surface area contributed by atoms with E-state index in [1.807, 2.05) is 6.92 Å². The van der Waals surface area contributed by atoms with Crippen LogP contribution in [0.1, 0.15) is 104 Å².